The van der Waals surface area contributed by atoms with Gasteiger partial charge in [-0.1, -0.05) is 101 Å². The molecule has 0 aliphatic carbocycles. The highest BCUT2D eigenvalue weighted by molar-refractivity contribution is 7.80. The maximum Gasteiger partial charge on any atom is 0.397 e. The molecule has 6 heterocycles. The van der Waals surface area contributed by atoms with Crippen LogP contribution in [-0.2, 0) is 62.1 Å². The minimum Gasteiger partial charge on any atom is -0.394 e. The Balaban J connectivity index is 0.855. The third-order valence-electron chi connectivity index (χ3n) is 19.3. The number of aliphatic hydroxyl groups excluding tert-OH is 10. The van der Waals surface area contributed by atoms with Gasteiger partial charge in [-0.3, -0.25) is 14.1 Å². The van der Waals surface area contributed by atoms with Gasteiger partial charge in [0.25, 0.3) is 0 Å². The monoisotopic (exact) mass is 1390 g/mol. The van der Waals surface area contributed by atoms with Crippen molar-refractivity contribution in [1.82, 2.24) is 0 Å². The Morgan fingerprint density at radius 2 is 1.27 bits per heavy atom. The fourth-order valence-corrected chi connectivity index (χ4v) is 14.0. The lowest BCUT2D eigenvalue weighted by molar-refractivity contribution is -0.336. The predicted octanol–water partition coefficient (Wildman–Crippen LogP) is 6.49. The van der Waals surface area contributed by atoms with Crippen molar-refractivity contribution in [2.24, 2.45) is 11.8 Å². The maximum absolute atomic E-state index is 13.5. The number of Topliss-reactive ketones (excluding diaryl/α,β-unsaturated/α-hetero) is 2. The number of hydrogen-bond donors (Lipinski definition) is 11. The number of carbonyl (C=O) groups is 2. The molecule has 6 rings (SSSR count). The van der Waals surface area contributed by atoms with Crippen molar-refractivity contribution >= 4 is 22.0 Å². The van der Waals surface area contributed by atoms with Crippen LogP contribution in [-0.4, -0.2) is 230 Å². The molecule has 0 spiro atoms. The summed E-state index contributed by atoms with van der Waals surface area (Å²) in [5, 5.41) is 106. The van der Waals surface area contributed by atoms with Gasteiger partial charge >= 0.3 is 10.4 Å². The highest BCUT2D eigenvalue weighted by Gasteiger charge is 2.50. The van der Waals surface area contributed by atoms with E-state index in [-0.39, 0.29) is 56.5 Å². The molecule has 11 N–H and O–H groups in total. The van der Waals surface area contributed by atoms with Gasteiger partial charge in [0.2, 0.25) is 0 Å². The predicted molar refractivity (Wildman–Crippen MR) is 355 cm³/mol. The summed E-state index contributed by atoms with van der Waals surface area (Å²) in [5.41, 5.74) is 1.28. The first-order valence-corrected chi connectivity index (χ1v) is 37.1. The number of ether oxygens (including phenoxy) is 8. The lowest BCUT2D eigenvalue weighted by Gasteiger charge is -2.43. The largest absolute Gasteiger partial charge is 0.397 e. The Kier molecular flexibility index (Phi) is 36.4. The third-order valence-corrected chi connectivity index (χ3v) is 19.8. The lowest BCUT2D eigenvalue weighted by atomic mass is 9.91. The van der Waals surface area contributed by atoms with Crippen LogP contribution in [0.25, 0.3) is 0 Å². The van der Waals surface area contributed by atoms with E-state index in [0.29, 0.717) is 61.9 Å². The SMILES string of the molecule is C=CCCC1OC1CC(=C)CCC1OC1CCCC/C=C/CC/C=C/CC(C)/C=C/CC(C)CCCCCCC(=O)CCCC(CC(O)CC(=O)CC1CCC(C2CC(O)C(OS(=O)(=O)O)[C@@H](CC(C)O)O2)O1)OC1O[C@H](COC2O[C@H](CO)C(O)C(O)C2O)C(O)C(O)C1O. The number of allylic oxidation sites excluding steroid dienone is 7. The van der Waals surface area contributed by atoms with E-state index in [4.69, 9.17) is 42.1 Å². The molecule has 0 aromatic rings. The summed E-state index contributed by atoms with van der Waals surface area (Å²) in [4.78, 5) is 26.7. The molecule has 24 nitrogen and oxygen atoms in total. The molecular formula is C71H118O24S. The standard InChI is InChI=1S/C71H118O24S/c1-6-7-30-55-58(91-55)36-46(4)32-34-56-54(90-56)31-20-14-12-10-8-9-11-13-17-23-44(2)25-21-26-45(3)24-18-15-16-19-27-48(74)28-22-29-51(89-71-68(83)66(81)64(79)62(94-71)43-87-70-67(82)65(80)63(78)61(42-72)93-70)39-49(75)38-50(76)40-52-33-35-57(88-52)59-41-53(77)69(95-96(84,85)86)60(92-59)37-47(5)73/h6,8,10,13,17,21,25,44-45,47,49,51-73,75,77-83H,1,4,7,9,11-12,14-16,18-20,22-24,26-43H2,2-3,5H3,(H,84,85,86)/b10-8+,17-13+,25-21+/t44?,45?,47?,49?,51?,52?,53?,54?,55?,56?,57?,58?,59?,60-,61-,62-,63?,64?,65?,66?,67?,68?,69?,70?,71?/m1/s1. The van der Waals surface area contributed by atoms with E-state index in [0.717, 1.165) is 103 Å². The fourth-order valence-electron chi connectivity index (χ4n) is 13.5. The van der Waals surface area contributed by atoms with Crippen molar-refractivity contribution in [3.63, 3.8) is 0 Å². The normalized spacial score (nSPS) is 34.1. The third kappa shape index (κ3) is 29.6. The molecule has 0 saturated carbocycles. The molecule has 552 valence electrons. The fraction of sp³-hybridized carbons (Fsp3) is 0.831. The molecule has 0 aromatic heterocycles. The Hall–Kier alpha value is -2.81. The highest BCUT2D eigenvalue weighted by atomic mass is 32.3. The maximum atomic E-state index is 13.5. The minimum atomic E-state index is -4.97. The number of rotatable bonds is 49. The van der Waals surface area contributed by atoms with Crippen LogP contribution in [0.3, 0.4) is 0 Å². The molecule has 96 heavy (non-hydrogen) atoms. The van der Waals surface area contributed by atoms with Crippen LogP contribution >= 0.6 is 0 Å². The molecule has 6 saturated heterocycles. The number of hydrogen-bond acceptors (Lipinski definition) is 23. The van der Waals surface area contributed by atoms with Gasteiger partial charge < -0.3 is 89.0 Å². The summed E-state index contributed by atoms with van der Waals surface area (Å²) in [6.45, 7) is 12.7. The van der Waals surface area contributed by atoms with Crippen molar-refractivity contribution < 1.29 is 116 Å². The second-order valence-electron chi connectivity index (χ2n) is 28.1. The zero-order valence-corrected chi connectivity index (χ0v) is 57.8. The molecule has 0 bridgehead atoms. The number of ketones is 2. The topological polar surface area (TPSA) is 380 Å². The van der Waals surface area contributed by atoms with Crippen LogP contribution in [0, 0.1) is 11.8 Å². The molecular weight excluding hydrogens is 1270 g/mol. The van der Waals surface area contributed by atoms with Gasteiger partial charge in [0, 0.05) is 44.9 Å². The Bertz CT molecular complexity index is 2480. The lowest BCUT2D eigenvalue weighted by Crippen LogP contribution is -2.62. The molecule has 25 heteroatoms. The first-order valence-electron chi connectivity index (χ1n) is 35.7. The van der Waals surface area contributed by atoms with Crippen molar-refractivity contribution in [3.05, 3.63) is 61.3 Å². The molecule has 0 amide bonds. The van der Waals surface area contributed by atoms with E-state index in [2.05, 4.69) is 63.5 Å². The summed E-state index contributed by atoms with van der Waals surface area (Å²) in [7, 11) is -4.97. The van der Waals surface area contributed by atoms with Gasteiger partial charge in [0.15, 0.2) is 12.6 Å². The first-order chi connectivity index (χ1) is 45.8. The number of carbonyl (C=O) groups excluding carboxylic acids is 2. The van der Waals surface area contributed by atoms with Crippen molar-refractivity contribution in [3.8, 4) is 0 Å². The number of epoxide rings is 2. The Morgan fingerprint density at radius 3 is 2.00 bits per heavy atom. The Labute approximate surface area is 569 Å². The van der Waals surface area contributed by atoms with E-state index in [1.54, 1.807) is 0 Å². The van der Waals surface area contributed by atoms with E-state index < -0.39 is 140 Å². The van der Waals surface area contributed by atoms with Crippen LogP contribution in [0.15, 0.2) is 61.3 Å². The van der Waals surface area contributed by atoms with Gasteiger partial charge in [0.05, 0.1) is 86.5 Å². The van der Waals surface area contributed by atoms with Crippen molar-refractivity contribution in [2.75, 3.05) is 13.2 Å². The molecule has 6 aliphatic rings. The van der Waals surface area contributed by atoms with Gasteiger partial charge in [-0.05, 0) is 128 Å². The van der Waals surface area contributed by atoms with E-state index in [9.17, 15) is 73.6 Å². The minimum absolute atomic E-state index is 0.0347. The second kappa shape index (κ2) is 42.6. The summed E-state index contributed by atoms with van der Waals surface area (Å²) < 4.78 is 84.0. The van der Waals surface area contributed by atoms with E-state index in [1.165, 1.54) is 25.3 Å². The van der Waals surface area contributed by atoms with E-state index >= 15 is 0 Å². The molecule has 22 unspecified atom stereocenters. The number of unbranched alkanes of at least 4 members (excludes halogenated alkanes) is 6. The zero-order valence-electron chi connectivity index (χ0n) is 56.9. The summed E-state index contributed by atoms with van der Waals surface area (Å²) in [5.74, 6) is 0.669. The first kappa shape index (κ1) is 82.1. The van der Waals surface area contributed by atoms with Crippen molar-refractivity contribution in [1.29, 1.82) is 0 Å². The van der Waals surface area contributed by atoms with E-state index in [1.807, 2.05) is 6.08 Å². The summed E-state index contributed by atoms with van der Waals surface area (Å²) in [6.07, 6.45) is 11.1. The molecule has 0 aromatic carbocycles. The van der Waals surface area contributed by atoms with Crippen LogP contribution in [0.1, 0.15) is 207 Å². The van der Waals surface area contributed by atoms with Gasteiger partial charge in [0.1, 0.15) is 66.5 Å². The van der Waals surface area contributed by atoms with Gasteiger partial charge in [-0.25, -0.2) is 4.18 Å². The second-order valence-corrected chi connectivity index (χ2v) is 29.1. The van der Waals surface area contributed by atoms with Crippen LogP contribution in [0.4, 0.5) is 0 Å². The van der Waals surface area contributed by atoms with Crippen LogP contribution < -0.4 is 0 Å². The number of aliphatic hydroxyl groups is 10. The Morgan fingerprint density at radius 1 is 0.604 bits per heavy atom. The van der Waals surface area contributed by atoms with Gasteiger partial charge in [-0.15, -0.1) is 6.58 Å². The van der Waals surface area contributed by atoms with Crippen molar-refractivity contribution in [2.45, 2.75) is 348 Å². The zero-order chi connectivity index (χ0) is 69.9. The quantitative estimate of drug-likeness (QED) is 0.0134. The van der Waals surface area contributed by atoms with Crippen LogP contribution in [0.2, 0.25) is 0 Å². The summed E-state index contributed by atoms with van der Waals surface area (Å²) in [6, 6.07) is 0. The highest BCUT2D eigenvalue weighted by Crippen LogP contribution is 2.38. The molecule has 25 atom stereocenters. The molecule has 6 aliphatic heterocycles. The van der Waals surface area contributed by atoms with Gasteiger partial charge in [-0.2, -0.15) is 8.42 Å². The molecule has 6 fully saturated rings. The average Bonchev–Trinajstić information content (AvgIpc) is 1.18. The summed E-state index contributed by atoms with van der Waals surface area (Å²) >= 11 is 0. The molecule has 0 radical (unpaired) electrons. The smallest absolute Gasteiger partial charge is 0.394 e. The average molecular weight is 1390 g/mol. The van der Waals surface area contributed by atoms with Crippen LogP contribution in [0.5, 0.6) is 0 Å².